The smallest absolute Gasteiger partial charge is 0.309 e. The number of methoxy groups -OCH3 is 1. The van der Waals surface area contributed by atoms with Crippen molar-refractivity contribution in [1.29, 1.82) is 0 Å². The van der Waals surface area contributed by atoms with Gasteiger partial charge in [0, 0.05) is 25.4 Å². The number of carbonyl (C=O) groups excluding carboxylic acids is 2. The molecule has 0 radical (unpaired) electrons. The van der Waals surface area contributed by atoms with Gasteiger partial charge in [0.1, 0.15) is 12.3 Å². The summed E-state index contributed by atoms with van der Waals surface area (Å²) in [6, 6.07) is 0.301. The number of carbonyl (C=O) groups is 2. The highest BCUT2D eigenvalue weighted by Crippen LogP contribution is 2.76. The number of hydrogen-bond donors (Lipinski definition) is 0. The summed E-state index contributed by atoms with van der Waals surface area (Å²) in [5.41, 5.74) is -0.146. The molecule has 1 spiro atoms. The van der Waals surface area contributed by atoms with Crippen LogP contribution in [0.1, 0.15) is 79.6 Å². The third-order valence-corrected chi connectivity index (χ3v) is 11.4. The monoisotopic (exact) mass is 459 g/mol. The van der Waals surface area contributed by atoms with E-state index in [4.69, 9.17) is 14.2 Å². The van der Waals surface area contributed by atoms with Gasteiger partial charge in [0.2, 0.25) is 0 Å². The Balaban J connectivity index is 1.56. The van der Waals surface area contributed by atoms with E-state index in [1.807, 2.05) is 0 Å². The van der Waals surface area contributed by atoms with Gasteiger partial charge in [0.15, 0.2) is 0 Å². The van der Waals surface area contributed by atoms with E-state index in [-0.39, 0.29) is 58.0 Å². The second kappa shape index (κ2) is 6.75. The molecule has 10 atom stereocenters. The van der Waals surface area contributed by atoms with Gasteiger partial charge in [0.05, 0.1) is 24.0 Å². The first-order chi connectivity index (χ1) is 15.5. The molecule has 6 fully saturated rings. The quantitative estimate of drug-likeness (QED) is 0.578. The van der Waals surface area contributed by atoms with Gasteiger partial charge in [-0.3, -0.25) is 14.5 Å². The molecule has 0 aromatic rings. The third-order valence-electron chi connectivity index (χ3n) is 11.4. The van der Waals surface area contributed by atoms with Gasteiger partial charge in [-0.1, -0.05) is 27.2 Å². The van der Waals surface area contributed by atoms with Crippen molar-refractivity contribution in [2.45, 2.75) is 104 Å². The standard InChI is InChI=1S/C27H41NO5/c1-15(29)32-20-12-19-24(2,3)10-7-11-26(19,5)18-9-8-16(22(30)31-6)21-17-13-25(4)14-28(17)23(33-25)27(18,20)21/h16-21,23H,7-14H2,1-6H3/t16-,17-,18?,19?,20-,21+,23-,25?,26-,27-/m1/s1. The van der Waals surface area contributed by atoms with Gasteiger partial charge in [-0.15, -0.1) is 0 Å². The van der Waals surface area contributed by atoms with Crippen LogP contribution < -0.4 is 0 Å². The van der Waals surface area contributed by atoms with Crippen LogP contribution in [0.4, 0.5) is 0 Å². The Morgan fingerprint density at radius 2 is 1.82 bits per heavy atom. The summed E-state index contributed by atoms with van der Waals surface area (Å²) < 4.78 is 18.6. The highest BCUT2D eigenvalue weighted by atomic mass is 16.6. The highest BCUT2D eigenvalue weighted by Gasteiger charge is 2.81. The molecule has 0 N–H and O–H groups in total. The fourth-order valence-corrected chi connectivity index (χ4v) is 10.7. The molecule has 6 nitrogen and oxygen atoms in total. The number of ether oxygens (including phenoxy) is 3. The molecule has 3 saturated carbocycles. The van der Waals surface area contributed by atoms with Crippen molar-refractivity contribution in [1.82, 2.24) is 4.90 Å². The largest absolute Gasteiger partial charge is 0.469 e. The number of nitrogens with zero attached hydrogens (tertiary/aromatic N) is 1. The van der Waals surface area contributed by atoms with Crippen molar-refractivity contribution in [3.05, 3.63) is 0 Å². The van der Waals surface area contributed by atoms with Crippen molar-refractivity contribution in [2.75, 3.05) is 13.7 Å². The second-order valence-electron chi connectivity index (χ2n) is 13.4. The molecule has 0 aromatic carbocycles. The van der Waals surface area contributed by atoms with Crippen LogP contribution in [-0.4, -0.2) is 54.5 Å². The summed E-state index contributed by atoms with van der Waals surface area (Å²) in [5.74, 6) is 0.533. The lowest BCUT2D eigenvalue weighted by atomic mass is 9.37. The maximum Gasteiger partial charge on any atom is 0.309 e. The molecular formula is C27H41NO5. The molecule has 33 heavy (non-hydrogen) atoms. The number of hydrogen-bond acceptors (Lipinski definition) is 6. The Morgan fingerprint density at radius 3 is 2.48 bits per heavy atom. The zero-order valence-corrected chi connectivity index (χ0v) is 21.2. The van der Waals surface area contributed by atoms with Crippen molar-refractivity contribution in [3.8, 4) is 0 Å². The summed E-state index contributed by atoms with van der Waals surface area (Å²) in [7, 11) is 1.52. The highest BCUT2D eigenvalue weighted by molar-refractivity contribution is 5.73. The third kappa shape index (κ3) is 2.63. The minimum Gasteiger partial charge on any atom is -0.469 e. The molecule has 6 heteroatoms. The molecule has 0 aromatic heterocycles. The zero-order valence-electron chi connectivity index (χ0n) is 21.2. The van der Waals surface area contributed by atoms with Crippen LogP contribution in [0.2, 0.25) is 0 Å². The molecular weight excluding hydrogens is 418 g/mol. The maximum atomic E-state index is 13.2. The van der Waals surface area contributed by atoms with Crippen molar-refractivity contribution >= 4 is 11.9 Å². The normalized spacial score (nSPS) is 53.7. The van der Waals surface area contributed by atoms with Crippen LogP contribution in [0.3, 0.4) is 0 Å². The molecule has 0 amide bonds. The predicted molar refractivity (Wildman–Crippen MR) is 122 cm³/mol. The predicted octanol–water partition coefficient (Wildman–Crippen LogP) is 4.16. The van der Waals surface area contributed by atoms with Gasteiger partial charge >= 0.3 is 11.9 Å². The Kier molecular flexibility index (Phi) is 4.57. The molecule has 184 valence electrons. The topological polar surface area (TPSA) is 65.1 Å². The lowest BCUT2D eigenvalue weighted by Crippen LogP contribution is -2.69. The zero-order chi connectivity index (χ0) is 23.6. The van der Waals surface area contributed by atoms with Crippen molar-refractivity contribution in [2.24, 2.45) is 39.9 Å². The van der Waals surface area contributed by atoms with Gasteiger partial charge in [-0.05, 0) is 68.1 Å². The van der Waals surface area contributed by atoms with E-state index >= 15 is 0 Å². The van der Waals surface area contributed by atoms with Crippen LogP contribution in [0.5, 0.6) is 0 Å². The van der Waals surface area contributed by atoms with E-state index in [9.17, 15) is 9.59 Å². The van der Waals surface area contributed by atoms with Crippen LogP contribution in [0.25, 0.3) is 0 Å². The SMILES string of the molecule is COC(=O)[C@@H]1CCC2[C@@]3(C)CCCC(C)(C)C3C[C@@H](OC(C)=O)[C@@]23[C@@H]1[C@H]1CC2(C)CN1[C@@H]3O2. The second-order valence-corrected chi connectivity index (χ2v) is 13.4. The maximum absolute atomic E-state index is 13.2. The molecule has 3 heterocycles. The van der Waals surface area contributed by atoms with E-state index in [0.29, 0.717) is 17.9 Å². The summed E-state index contributed by atoms with van der Waals surface area (Å²) in [6.45, 7) is 12.0. The number of fused-ring (bicyclic) bond motifs is 4. The lowest BCUT2D eigenvalue weighted by Gasteiger charge is -2.68. The summed E-state index contributed by atoms with van der Waals surface area (Å²) in [6.07, 6.45) is 7.07. The lowest BCUT2D eigenvalue weighted by molar-refractivity contribution is -0.267. The van der Waals surface area contributed by atoms with E-state index in [2.05, 4.69) is 32.6 Å². The Labute approximate surface area is 198 Å². The minimum atomic E-state index is -0.347. The molecule has 6 rings (SSSR count). The van der Waals surface area contributed by atoms with Gasteiger partial charge in [-0.25, -0.2) is 0 Å². The molecule has 6 aliphatic rings. The summed E-state index contributed by atoms with van der Waals surface area (Å²) >= 11 is 0. The fraction of sp³-hybridized carbons (Fsp3) is 0.926. The first-order valence-electron chi connectivity index (χ1n) is 13.2. The van der Waals surface area contributed by atoms with Crippen LogP contribution in [0.15, 0.2) is 0 Å². The first kappa shape index (κ1) is 22.3. The van der Waals surface area contributed by atoms with Crippen LogP contribution >= 0.6 is 0 Å². The Bertz CT molecular complexity index is 888. The Morgan fingerprint density at radius 1 is 1.06 bits per heavy atom. The van der Waals surface area contributed by atoms with Crippen molar-refractivity contribution in [3.63, 3.8) is 0 Å². The summed E-state index contributed by atoms with van der Waals surface area (Å²) in [4.78, 5) is 28.2. The molecule has 3 aliphatic carbocycles. The van der Waals surface area contributed by atoms with Crippen LogP contribution in [0, 0.1) is 39.9 Å². The van der Waals surface area contributed by atoms with E-state index in [0.717, 1.165) is 32.2 Å². The molecule has 3 aliphatic heterocycles. The number of rotatable bonds is 2. The van der Waals surface area contributed by atoms with E-state index in [1.165, 1.54) is 26.4 Å². The minimum absolute atomic E-state index is 0.0733. The average molecular weight is 460 g/mol. The summed E-state index contributed by atoms with van der Waals surface area (Å²) in [5, 5.41) is 0. The van der Waals surface area contributed by atoms with Crippen molar-refractivity contribution < 1.29 is 23.8 Å². The average Bonchev–Trinajstić information content (AvgIpc) is 3.30. The Hall–Kier alpha value is -1.14. The van der Waals surface area contributed by atoms with Gasteiger partial charge < -0.3 is 14.2 Å². The van der Waals surface area contributed by atoms with Crippen LogP contribution in [-0.2, 0) is 23.8 Å². The molecule has 2 bridgehead atoms. The molecule has 3 unspecified atom stereocenters. The van der Waals surface area contributed by atoms with Gasteiger partial charge in [0.25, 0.3) is 0 Å². The van der Waals surface area contributed by atoms with E-state index in [1.54, 1.807) is 6.92 Å². The first-order valence-corrected chi connectivity index (χ1v) is 13.2. The van der Waals surface area contributed by atoms with Gasteiger partial charge in [-0.2, -0.15) is 0 Å². The molecule has 3 saturated heterocycles. The van der Waals surface area contributed by atoms with E-state index < -0.39 is 0 Å². The number of esters is 2. The fourth-order valence-electron chi connectivity index (χ4n) is 10.7.